The summed E-state index contributed by atoms with van der Waals surface area (Å²) in [6, 6.07) is 8.19. The summed E-state index contributed by atoms with van der Waals surface area (Å²) in [6.07, 6.45) is 1.19. The zero-order valence-corrected chi connectivity index (χ0v) is 20.5. The Morgan fingerprint density at radius 3 is 2.88 bits per heavy atom. The van der Waals surface area contributed by atoms with E-state index in [1.165, 1.54) is 16.0 Å². The van der Waals surface area contributed by atoms with Crippen LogP contribution >= 0.6 is 11.3 Å². The maximum atomic E-state index is 13.4. The maximum Gasteiger partial charge on any atom is 0.237 e. The number of fused-ring (bicyclic) bond motifs is 1. The number of aryl methyl sites for hydroxylation is 2. The molecule has 0 bridgehead atoms. The molecule has 0 saturated heterocycles. The lowest BCUT2D eigenvalue weighted by Gasteiger charge is -2.37. The summed E-state index contributed by atoms with van der Waals surface area (Å²) in [4.78, 5) is 18.7. The predicted molar refractivity (Wildman–Crippen MR) is 129 cm³/mol. The minimum Gasteiger partial charge on any atom is -0.491 e. The summed E-state index contributed by atoms with van der Waals surface area (Å²) in [7, 11) is 1.57. The Balaban J connectivity index is 1.73. The first-order chi connectivity index (χ1) is 15.4. The molecule has 0 aliphatic carbocycles. The lowest BCUT2D eigenvalue weighted by Crippen LogP contribution is -2.48. The fourth-order valence-electron chi connectivity index (χ4n) is 4.38. The van der Waals surface area contributed by atoms with Crippen LogP contribution in [0.2, 0.25) is 0 Å². The second kappa shape index (κ2) is 11.8. The van der Waals surface area contributed by atoms with Gasteiger partial charge in [0.2, 0.25) is 5.91 Å². The Morgan fingerprint density at radius 1 is 1.34 bits per heavy atom. The molecule has 1 aliphatic rings. The highest BCUT2D eigenvalue weighted by molar-refractivity contribution is 7.10. The number of nitrogens with zero attached hydrogens (tertiary/aromatic N) is 2. The van der Waals surface area contributed by atoms with Gasteiger partial charge in [-0.15, -0.1) is 11.3 Å². The number of hydrogen-bond donors (Lipinski definition) is 1. The van der Waals surface area contributed by atoms with E-state index >= 15 is 0 Å². The highest BCUT2D eigenvalue weighted by Crippen LogP contribution is 2.34. The molecule has 176 valence electrons. The van der Waals surface area contributed by atoms with Crippen LogP contribution in [0, 0.1) is 13.8 Å². The first kappa shape index (κ1) is 24.7. The molecule has 6 nitrogen and oxygen atoms in total. The third kappa shape index (κ3) is 6.32. The normalized spacial score (nSPS) is 16.8. The number of aliphatic hydroxyl groups is 1. The molecular weight excluding hydrogens is 424 g/mol. The SMILES string of the molecule is CCCN(CC(=O)N1CCc2sccc2[C@@H]1COc1ccc(C)cc1C)C[C@H](O)COC. The van der Waals surface area contributed by atoms with Crippen molar-refractivity contribution in [2.45, 2.75) is 45.8 Å². The van der Waals surface area contributed by atoms with Crippen molar-refractivity contribution in [2.24, 2.45) is 0 Å². The fourth-order valence-corrected chi connectivity index (χ4v) is 5.31. The van der Waals surface area contributed by atoms with Gasteiger partial charge in [-0.05, 0) is 61.9 Å². The minimum absolute atomic E-state index is 0.0779. The van der Waals surface area contributed by atoms with E-state index < -0.39 is 6.10 Å². The second-order valence-corrected chi connectivity index (χ2v) is 9.58. The molecule has 1 aromatic carbocycles. The molecular formula is C25H36N2O4S. The number of aliphatic hydroxyl groups excluding tert-OH is 1. The molecule has 1 aromatic heterocycles. The van der Waals surface area contributed by atoms with Gasteiger partial charge < -0.3 is 19.5 Å². The largest absolute Gasteiger partial charge is 0.491 e. The van der Waals surface area contributed by atoms with E-state index in [-0.39, 0.29) is 25.1 Å². The summed E-state index contributed by atoms with van der Waals surface area (Å²) in [5, 5.41) is 12.3. The number of benzene rings is 1. The number of hydrogen-bond acceptors (Lipinski definition) is 6. The summed E-state index contributed by atoms with van der Waals surface area (Å²) in [5.74, 6) is 0.940. The molecule has 1 amide bonds. The highest BCUT2D eigenvalue weighted by Gasteiger charge is 2.33. The van der Waals surface area contributed by atoms with Gasteiger partial charge in [-0.25, -0.2) is 0 Å². The molecule has 0 spiro atoms. The average Bonchev–Trinajstić information content (AvgIpc) is 3.22. The van der Waals surface area contributed by atoms with E-state index in [1.54, 1.807) is 18.4 Å². The Morgan fingerprint density at radius 2 is 2.16 bits per heavy atom. The monoisotopic (exact) mass is 460 g/mol. The molecule has 2 heterocycles. The van der Waals surface area contributed by atoms with E-state index in [9.17, 15) is 9.90 Å². The molecule has 0 unspecified atom stereocenters. The molecule has 0 fully saturated rings. The van der Waals surface area contributed by atoms with Crippen molar-refractivity contribution in [3.05, 3.63) is 51.2 Å². The maximum absolute atomic E-state index is 13.4. The molecule has 7 heteroatoms. The van der Waals surface area contributed by atoms with Crippen molar-refractivity contribution in [3.8, 4) is 5.75 Å². The van der Waals surface area contributed by atoms with Gasteiger partial charge in [0.05, 0.1) is 25.3 Å². The number of carbonyl (C=O) groups excluding carboxylic acids is 1. The van der Waals surface area contributed by atoms with Gasteiger partial charge in [0.25, 0.3) is 0 Å². The summed E-state index contributed by atoms with van der Waals surface area (Å²) in [6.45, 7) is 9.06. The third-order valence-corrected chi connectivity index (χ3v) is 6.87. The van der Waals surface area contributed by atoms with Gasteiger partial charge in [-0.3, -0.25) is 9.69 Å². The van der Waals surface area contributed by atoms with Crippen LogP contribution in [0.25, 0.3) is 0 Å². The number of carbonyl (C=O) groups is 1. The molecule has 2 aromatic rings. The predicted octanol–water partition coefficient (Wildman–Crippen LogP) is 3.59. The van der Waals surface area contributed by atoms with Gasteiger partial charge in [-0.1, -0.05) is 24.6 Å². The summed E-state index contributed by atoms with van der Waals surface area (Å²) in [5.41, 5.74) is 3.50. The van der Waals surface area contributed by atoms with Crippen molar-refractivity contribution in [1.82, 2.24) is 9.80 Å². The van der Waals surface area contributed by atoms with E-state index in [4.69, 9.17) is 9.47 Å². The minimum atomic E-state index is -0.604. The lowest BCUT2D eigenvalue weighted by molar-refractivity contribution is -0.136. The molecule has 3 rings (SSSR count). The number of rotatable bonds is 11. The van der Waals surface area contributed by atoms with E-state index in [1.807, 2.05) is 15.9 Å². The van der Waals surface area contributed by atoms with Crippen LogP contribution in [0.1, 0.15) is 41.0 Å². The first-order valence-corrected chi connectivity index (χ1v) is 12.3. The van der Waals surface area contributed by atoms with E-state index in [0.717, 1.165) is 30.7 Å². The topological polar surface area (TPSA) is 62.2 Å². The average molecular weight is 461 g/mol. The molecule has 0 saturated carbocycles. The van der Waals surface area contributed by atoms with Gasteiger partial charge in [-0.2, -0.15) is 0 Å². The highest BCUT2D eigenvalue weighted by atomic mass is 32.1. The molecule has 0 radical (unpaired) electrons. The van der Waals surface area contributed by atoms with E-state index in [2.05, 4.69) is 44.4 Å². The van der Waals surface area contributed by atoms with Crippen molar-refractivity contribution in [3.63, 3.8) is 0 Å². The lowest BCUT2D eigenvalue weighted by atomic mass is 10.00. The zero-order chi connectivity index (χ0) is 23.1. The standard InChI is InChI=1S/C25H36N2O4S/c1-5-10-26(14-20(28)16-30-4)15-25(29)27-11-8-24-21(9-12-32-24)22(27)17-31-23-7-6-18(2)13-19(23)3/h6-7,9,12-13,20,22,28H,5,8,10-11,14-17H2,1-4H3/t20-,22-/m0/s1. The van der Waals surface area contributed by atoms with Crippen LogP contribution in [0.5, 0.6) is 5.75 Å². The smallest absolute Gasteiger partial charge is 0.237 e. The number of thiophene rings is 1. The number of amides is 1. The van der Waals surface area contributed by atoms with Gasteiger partial charge in [0.1, 0.15) is 12.4 Å². The van der Waals surface area contributed by atoms with Gasteiger partial charge in [0, 0.05) is 25.1 Å². The third-order valence-electron chi connectivity index (χ3n) is 5.87. The van der Waals surface area contributed by atoms with Crippen molar-refractivity contribution in [1.29, 1.82) is 0 Å². The fraction of sp³-hybridized carbons (Fsp3) is 0.560. The Bertz CT molecular complexity index is 885. The van der Waals surface area contributed by atoms with Crippen molar-refractivity contribution >= 4 is 17.2 Å². The van der Waals surface area contributed by atoms with Crippen LogP contribution in [0.15, 0.2) is 29.6 Å². The number of ether oxygens (including phenoxy) is 2. The second-order valence-electron chi connectivity index (χ2n) is 8.58. The van der Waals surface area contributed by atoms with Crippen LogP contribution in [-0.4, -0.2) is 73.4 Å². The molecule has 2 atom stereocenters. The van der Waals surface area contributed by atoms with Crippen molar-refractivity contribution in [2.75, 3.05) is 46.5 Å². The van der Waals surface area contributed by atoms with Crippen LogP contribution in [-0.2, 0) is 16.0 Å². The molecule has 1 aliphatic heterocycles. The number of methoxy groups -OCH3 is 1. The van der Waals surface area contributed by atoms with Crippen molar-refractivity contribution < 1.29 is 19.4 Å². The first-order valence-electron chi connectivity index (χ1n) is 11.4. The van der Waals surface area contributed by atoms with Gasteiger partial charge in [0.15, 0.2) is 0 Å². The summed E-state index contributed by atoms with van der Waals surface area (Å²) >= 11 is 1.75. The Labute approximate surface area is 195 Å². The molecule has 32 heavy (non-hydrogen) atoms. The summed E-state index contributed by atoms with van der Waals surface area (Å²) < 4.78 is 11.3. The van der Waals surface area contributed by atoms with E-state index in [0.29, 0.717) is 19.7 Å². The van der Waals surface area contributed by atoms with Crippen LogP contribution < -0.4 is 4.74 Å². The van der Waals surface area contributed by atoms with Crippen LogP contribution in [0.3, 0.4) is 0 Å². The quantitative estimate of drug-likeness (QED) is 0.555. The van der Waals surface area contributed by atoms with Gasteiger partial charge >= 0.3 is 0 Å². The Hall–Kier alpha value is -1.93. The molecule has 1 N–H and O–H groups in total. The van der Waals surface area contributed by atoms with Crippen LogP contribution in [0.4, 0.5) is 0 Å². The zero-order valence-electron chi connectivity index (χ0n) is 19.7. The Kier molecular flexibility index (Phi) is 9.11.